The van der Waals surface area contributed by atoms with E-state index in [2.05, 4.69) is 11.3 Å². The van der Waals surface area contributed by atoms with Gasteiger partial charge in [0.15, 0.2) is 5.79 Å². The molecule has 6 heteroatoms. The average Bonchev–Trinajstić information content (AvgIpc) is 2.59. The van der Waals surface area contributed by atoms with E-state index < -0.39 is 29.7 Å². The Hall–Kier alpha value is -1.01. The quantitative estimate of drug-likeness (QED) is 0.563. The molecule has 0 aromatic carbocycles. The van der Waals surface area contributed by atoms with Crippen LogP contribution in [-0.2, 0) is 19.0 Å². The fourth-order valence-electron chi connectivity index (χ4n) is 1.79. The zero-order valence-electron chi connectivity index (χ0n) is 10.7. The molecule has 0 unspecified atom stereocenters. The highest BCUT2D eigenvalue weighted by molar-refractivity contribution is 5.78. The number of hydrogen-bond acceptors (Lipinski definition) is 4. The summed E-state index contributed by atoms with van der Waals surface area (Å²) in [5, 5.41) is 0. The highest BCUT2D eigenvalue weighted by Crippen LogP contribution is 2.36. The van der Waals surface area contributed by atoms with Gasteiger partial charge in [-0.15, -0.1) is 6.58 Å². The van der Waals surface area contributed by atoms with Crippen molar-refractivity contribution in [3.63, 3.8) is 0 Å². The van der Waals surface area contributed by atoms with E-state index in [-0.39, 0.29) is 13.2 Å². The van der Waals surface area contributed by atoms with Crippen molar-refractivity contribution < 1.29 is 27.8 Å². The molecule has 0 aliphatic carbocycles. The molecule has 18 heavy (non-hydrogen) atoms. The van der Waals surface area contributed by atoms with Gasteiger partial charge in [-0.1, -0.05) is 6.08 Å². The van der Waals surface area contributed by atoms with Crippen LogP contribution in [0.1, 0.15) is 20.8 Å². The number of hydrogen-bond donors (Lipinski definition) is 0. The van der Waals surface area contributed by atoms with E-state index in [1.165, 1.54) is 6.92 Å². The maximum Gasteiger partial charge on any atom is 0.377 e. The molecular formula is C12H18F2O4. The lowest BCUT2D eigenvalue weighted by molar-refractivity contribution is -0.190. The van der Waals surface area contributed by atoms with Crippen molar-refractivity contribution in [2.24, 2.45) is 5.92 Å². The van der Waals surface area contributed by atoms with Crippen LogP contribution >= 0.6 is 0 Å². The SMILES string of the molecule is C=C[C@@H]([C@H]1COC(C)(C)O1)C(F)(F)C(=O)OCC. The maximum atomic E-state index is 13.9. The van der Waals surface area contributed by atoms with Gasteiger partial charge >= 0.3 is 11.9 Å². The predicted octanol–water partition coefficient (Wildman–Crippen LogP) is 2.14. The molecule has 0 bridgehead atoms. The summed E-state index contributed by atoms with van der Waals surface area (Å²) >= 11 is 0. The average molecular weight is 264 g/mol. The van der Waals surface area contributed by atoms with Crippen molar-refractivity contribution in [2.45, 2.75) is 38.6 Å². The van der Waals surface area contributed by atoms with Gasteiger partial charge in [0.2, 0.25) is 0 Å². The highest BCUT2D eigenvalue weighted by Gasteiger charge is 2.53. The molecule has 1 aliphatic rings. The van der Waals surface area contributed by atoms with Gasteiger partial charge in [0, 0.05) is 0 Å². The number of alkyl halides is 2. The molecule has 0 radical (unpaired) electrons. The van der Waals surface area contributed by atoms with Crippen LogP contribution in [0, 0.1) is 5.92 Å². The summed E-state index contributed by atoms with van der Waals surface area (Å²) in [4.78, 5) is 11.3. The maximum absolute atomic E-state index is 13.9. The summed E-state index contributed by atoms with van der Waals surface area (Å²) in [6, 6.07) is 0. The van der Waals surface area contributed by atoms with Crippen molar-refractivity contribution in [3.05, 3.63) is 12.7 Å². The van der Waals surface area contributed by atoms with Gasteiger partial charge in [0.05, 0.1) is 25.2 Å². The summed E-state index contributed by atoms with van der Waals surface area (Å²) in [7, 11) is 0. The van der Waals surface area contributed by atoms with Gasteiger partial charge in [0.1, 0.15) is 0 Å². The first-order chi connectivity index (χ1) is 8.24. The first kappa shape index (κ1) is 15.0. The number of carbonyl (C=O) groups excluding carboxylic acids is 1. The molecule has 104 valence electrons. The summed E-state index contributed by atoms with van der Waals surface area (Å²) in [5.74, 6) is -7.65. The molecule has 0 aromatic heterocycles. The second-order valence-electron chi connectivity index (χ2n) is 4.47. The molecule has 0 amide bonds. The Labute approximate surface area is 105 Å². The molecule has 4 nitrogen and oxygen atoms in total. The molecule has 0 N–H and O–H groups in total. The van der Waals surface area contributed by atoms with Crippen LogP contribution < -0.4 is 0 Å². The minimum atomic E-state index is -3.67. The third-order valence-electron chi connectivity index (χ3n) is 2.65. The molecule has 1 fully saturated rings. The lowest BCUT2D eigenvalue weighted by Crippen LogP contribution is -2.44. The lowest BCUT2D eigenvalue weighted by Gasteiger charge is -2.27. The molecule has 2 atom stereocenters. The van der Waals surface area contributed by atoms with Crippen molar-refractivity contribution >= 4 is 5.97 Å². The summed E-state index contributed by atoms with van der Waals surface area (Å²) in [5.41, 5.74) is 0. The van der Waals surface area contributed by atoms with Crippen LogP contribution in [0.15, 0.2) is 12.7 Å². The van der Waals surface area contributed by atoms with Crippen LogP contribution in [0.5, 0.6) is 0 Å². The summed E-state index contributed by atoms with van der Waals surface area (Å²) in [6.07, 6.45) is 0.0868. The third kappa shape index (κ3) is 3.05. The Kier molecular flexibility index (Phi) is 4.45. The van der Waals surface area contributed by atoms with Crippen LogP contribution in [-0.4, -0.2) is 37.0 Å². The molecule has 1 aliphatic heterocycles. The molecule has 1 rings (SSSR count). The van der Waals surface area contributed by atoms with E-state index in [4.69, 9.17) is 9.47 Å². The molecule has 0 spiro atoms. The molecule has 0 saturated carbocycles. The van der Waals surface area contributed by atoms with Crippen LogP contribution in [0.2, 0.25) is 0 Å². The molecule has 1 saturated heterocycles. The van der Waals surface area contributed by atoms with Crippen molar-refractivity contribution in [1.29, 1.82) is 0 Å². The number of carbonyl (C=O) groups is 1. The van der Waals surface area contributed by atoms with E-state index in [0.717, 1.165) is 6.08 Å². The number of esters is 1. The van der Waals surface area contributed by atoms with Gasteiger partial charge in [-0.3, -0.25) is 0 Å². The summed E-state index contributed by atoms with van der Waals surface area (Å²) < 4.78 is 42.7. The minimum absolute atomic E-state index is 0.0152. The van der Waals surface area contributed by atoms with Crippen molar-refractivity contribution in [1.82, 2.24) is 0 Å². The Balaban J connectivity index is 2.83. The van der Waals surface area contributed by atoms with E-state index in [9.17, 15) is 13.6 Å². The Morgan fingerprint density at radius 3 is 2.67 bits per heavy atom. The van der Waals surface area contributed by atoms with Crippen LogP contribution in [0.4, 0.5) is 8.78 Å². The number of ether oxygens (including phenoxy) is 3. The topological polar surface area (TPSA) is 44.8 Å². The van der Waals surface area contributed by atoms with Crippen LogP contribution in [0.3, 0.4) is 0 Å². The second kappa shape index (κ2) is 5.32. The Bertz CT molecular complexity index is 328. The fraction of sp³-hybridized carbons (Fsp3) is 0.750. The molecule has 0 aromatic rings. The van der Waals surface area contributed by atoms with E-state index >= 15 is 0 Å². The lowest BCUT2D eigenvalue weighted by atomic mass is 9.95. The number of rotatable bonds is 5. The van der Waals surface area contributed by atoms with E-state index in [1.54, 1.807) is 13.8 Å². The van der Waals surface area contributed by atoms with Gasteiger partial charge in [-0.2, -0.15) is 8.78 Å². The zero-order chi connectivity index (χ0) is 14.0. The first-order valence-corrected chi connectivity index (χ1v) is 5.74. The summed E-state index contributed by atoms with van der Waals surface area (Å²) in [6.45, 7) is 7.93. The van der Waals surface area contributed by atoms with Crippen molar-refractivity contribution in [2.75, 3.05) is 13.2 Å². The van der Waals surface area contributed by atoms with Crippen molar-refractivity contribution in [3.8, 4) is 0 Å². The predicted molar refractivity (Wildman–Crippen MR) is 60.2 cm³/mol. The first-order valence-electron chi connectivity index (χ1n) is 5.74. The largest absolute Gasteiger partial charge is 0.462 e. The highest BCUT2D eigenvalue weighted by atomic mass is 19.3. The third-order valence-corrected chi connectivity index (χ3v) is 2.65. The van der Waals surface area contributed by atoms with Gasteiger partial charge in [-0.25, -0.2) is 4.79 Å². The Morgan fingerprint density at radius 1 is 1.67 bits per heavy atom. The second-order valence-corrected chi connectivity index (χ2v) is 4.47. The van der Waals surface area contributed by atoms with Gasteiger partial charge < -0.3 is 14.2 Å². The Morgan fingerprint density at radius 2 is 2.28 bits per heavy atom. The molecule has 1 heterocycles. The fourth-order valence-corrected chi connectivity index (χ4v) is 1.79. The number of halogens is 2. The molecular weight excluding hydrogens is 246 g/mol. The minimum Gasteiger partial charge on any atom is -0.462 e. The standard InChI is InChI=1S/C12H18F2O4/c1-5-8(9-7-17-11(3,4)18-9)12(13,14)10(15)16-6-2/h5,8-9H,1,6-7H2,2-4H3/t8-,9+/m0/s1. The smallest absolute Gasteiger partial charge is 0.377 e. The van der Waals surface area contributed by atoms with E-state index in [1.807, 2.05) is 0 Å². The normalized spacial score (nSPS) is 24.6. The zero-order valence-corrected chi connectivity index (χ0v) is 10.7. The monoisotopic (exact) mass is 264 g/mol. The van der Waals surface area contributed by atoms with Crippen LogP contribution in [0.25, 0.3) is 0 Å². The van der Waals surface area contributed by atoms with Gasteiger partial charge in [0.25, 0.3) is 0 Å². The van der Waals surface area contributed by atoms with E-state index in [0.29, 0.717) is 0 Å². The van der Waals surface area contributed by atoms with Gasteiger partial charge in [-0.05, 0) is 20.8 Å².